The SMILES string of the molecule is Cc1nccn1CC1CCCN1c1ccc2nnc(C(C)(C)C)n2n1. The van der Waals surface area contributed by atoms with Gasteiger partial charge in [0.1, 0.15) is 11.6 Å². The molecule has 0 radical (unpaired) electrons. The van der Waals surface area contributed by atoms with Gasteiger partial charge in [0.25, 0.3) is 0 Å². The lowest BCUT2D eigenvalue weighted by molar-refractivity contribution is 0.519. The van der Waals surface area contributed by atoms with E-state index in [0.717, 1.165) is 36.2 Å². The van der Waals surface area contributed by atoms with Crippen LogP contribution in [0.3, 0.4) is 0 Å². The first-order valence-electron chi connectivity index (χ1n) is 8.91. The van der Waals surface area contributed by atoms with E-state index in [4.69, 9.17) is 5.10 Å². The van der Waals surface area contributed by atoms with Crippen molar-refractivity contribution in [3.8, 4) is 0 Å². The Morgan fingerprint density at radius 2 is 2.04 bits per heavy atom. The largest absolute Gasteiger partial charge is 0.350 e. The molecule has 4 heterocycles. The van der Waals surface area contributed by atoms with Gasteiger partial charge in [0, 0.05) is 36.9 Å². The number of nitrogens with zero attached hydrogens (tertiary/aromatic N) is 7. The van der Waals surface area contributed by atoms with E-state index in [0.29, 0.717) is 6.04 Å². The van der Waals surface area contributed by atoms with Crippen molar-refractivity contribution in [3.63, 3.8) is 0 Å². The van der Waals surface area contributed by atoms with E-state index in [1.807, 2.05) is 16.8 Å². The topological polar surface area (TPSA) is 64.1 Å². The normalized spacial score (nSPS) is 18.4. The van der Waals surface area contributed by atoms with Gasteiger partial charge in [-0.3, -0.25) is 0 Å². The molecule has 0 bridgehead atoms. The molecule has 3 aromatic rings. The summed E-state index contributed by atoms with van der Waals surface area (Å²) in [5, 5.41) is 13.5. The summed E-state index contributed by atoms with van der Waals surface area (Å²) in [6.45, 7) is 10.4. The minimum absolute atomic E-state index is 0.0939. The Balaban J connectivity index is 1.67. The first-order chi connectivity index (χ1) is 11.9. The molecule has 0 N–H and O–H groups in total. The van der Waals surface area contributed by atoms with Crippen molar-refractivity contribution in [3.05, 3.63) is 36.2 Å². The van der Waals surface area contributed by atoms with Crippen molar-refractivity contribution in [2.24, 2.45) is 0 Å². The fourth-order valence-electron chi connectivity index (χ4n) is 3.55. The first kappa shape index (κ1) is 16.1. The van der Waals surface area contributed by atoms with Crippen LogP contribution in [-0.2, 0) is 12.0 Å². The number of fused-ring (bicyclic) bond motifs is 1. The molecule has 25 heavy (non-hydrogen) atoms. The highest BCUT2D eigenvalue weighted by Gasteiger charge is 2.28. The quantitative estimate of drug-likeness (QED) is 0.734. The van der Waals surface area contributed by atoms with Crippen LogP contribution in [0.15, 0.2) is 24.5 Å². The second kappa shape index (κ2) is 5.82. The molecule has 3 aromatic heterocycles. The van der Waals surface area contributed by atoms with Gasteiger partial charge in [-0.1, -0.05) is 20.8 Å². The van der Waals surface area contributed by atoms with Gasteiger partial charge in [-0.05, 0) is 31.9 Å². The molecule has 1 saturated heterocycles. The third-order valence-corrected chi connectivity index (χ3v) is 4.92. The van der Waals surface area contributed by atoms with Gasteiger partial charge in [-0.15, -0.1) is 15.3 Å². The molecule has 1 aliphatic rings. The number of aryl methyl sites for hydroxylation is 1. The molecule has 7 heteroatoms. The highest BCUT2D eigenvalue weighted by atomic mass is 15.4. The smallest absolute Gasteiger partial charge is 0.178 e. The van der Waals surface area contributed by atoms with Crippen molar-refractivity contribution >= 4 is 11.5 Å². The van der Waals surface area contributed by atoms with Crippen molar-refractivity contribution in [2.75, 3.05) is 11.4 Å². The van der Waals surface area contributed by atoms with Crippen LogP contribution in [0.25, 0.3) is 5.65 Å². The Morgan fingerprint density at radius 1 is 1.20 bits per heavy atom. The molecule has 1 fully saturated rings. The van der Waals surface area contributed by atoms with Gasteiger partial charge in [-0.2, -0.15) is 4.52 Å². The first-order valence-corrected chi connectivity index (χ1v) is 8.91. The van der Waals surface area contributed by atoms with Crippen LogP contribution in [0.2, 0.25) is 0 Å². The standard InChI is InChI=1S/C18H25N7/c1-13-19-9-11-23(13)12-14-6-5-10-24(14)16-8-7-15-20-21-17(18(2,3)4)25(15)22-16/h7-9,11,14H,5-6,10,12H2,1-4H3. The third kappa shape index (κ3) is 2.88. The Morgan fingerprint density at radius 3 is 2.76 bits per heavy atom. The molecule has 0 spiro atoms. The number of imidazole rings is 1. The molecule has 7 nitrogen and oxygen atoms in total. The summed E-state index contributed by atoms with van der Waals surface area (Å²) in [4.78, 5) is 6.75. The molecule has 0 aliphatic carbocycles. The average molecular weight is 339 g/mol. The average Bonchev–Trinajstić information content (AvgIpc) is 3.26. The minimum Gasteiger partial charge on any atom is -0.350 e. The van der Waals surface area contributed by atoms with Crippen molar-refractivity contribution in [2.45, 2.75) is 58.5 Å². The van der Waals surface area contributed by atoms with Crippen LogP contribution in [0.4, 0.5) is 5.82 Å². The summed E-state index contributed by atoms with van der Waals surface area (Å²) in [7, 11) is 0. The lowest BCUT2D eigenvalue weighted by Gasteiger charge is -2.26. The summed E-state index contributed by atoms with van der Waals surface area (Å²) in [6, 6.07) is 4.52. The molecule has 1 atom stereocenters. The molecule has 0 saturated carbocycles. The zero-order valence-corrected chi connectivity index (χ0v) is 15.3. The number of anilines is 1. The van der Waals surface area contributed by atoms with Crippen molar-refractivity contribution in [1.82, 2.24) is 29.4 Å². The van der Waals surface area contributed by atoms with E-state index in [1.165, 1.54) is 12.8 Å². The second-order valence-electron chi connectivity index (χ2n) is 7.85. The molecule has 0 amide bonds. The number of rotatable bonds is 3. The van der Waals surface area contributed by atoms with Gasteiger partial charge < -0.3 is 9.47 Å². The number of hydrogen-bond donors (Lipinski definition) is 0. The summed E-state index contributed by atoms with van der Waals surface area (Å²) in [5.41, 5.74) is 0.707. The van der Waals surface area contributed by atoms with Crippen LogP contribution in [-0.4, -0.2) is 41.9 Å². The van der Waals surface area contributed by atoms with Crippen LogP contribution >= 0.6 is 0 Å². The van der Waals surface area contributed by atoms with Gasteiger partial charge in [0.2, 0.25) is 0 Å². The monoisotopic (exact) mass is 339 g/mol. The maximum atomic E-state index is 4.88. The summed E-state index contributed by atoms with van der Waals surface area (Å²) < 4.78 is 4.12. The zero-order valence-electron chi connectivity index (χ0n) is 15.3. The van der Waals surface area contributed by atoms with Crippen molar-refractivity contribution < 1.29 is 0 Å². The Labute approximate surface area is 147 Å². The van der Waals surface area contributed by atoms with E-state index in [-0.39, 0.29) is 5.41 Å². The molecule has 1 unspecified atom stereocenters. The van der Waals surface area contributed by atoms with Gasteiger partial charge in [-0.25, -0.2) is 4.98 Å². The fourth-order valence-corrected chi connectivity index (χ4v) is 3.55. The number of hydrogen-bond acceptors (Lipinski definition) is 5. The minimum atomic E-state index is -0.0939. The fraction of sp³-hybridized carbons (Fsp3) is 0.556. The molecular weight excluding hydrogens is 314 g/mol. The highest BCUT2D eigenvalue weighted by Crippen LogP contribution is 2.27. The van der Waals surface area contributed by atoms with Crippen LogP contribution in [0.5, 0.6) is 0 Å². The summed E-state index contributed by atoms with van der Waals surface area (Å²) in [5.74, 6) is 2.95. The Hall–Kier alpha value is -2.44. The molecule has 0 aromatic carbocycles. The van der Waals surface area contributed by atoms with Crippen LogP contribution < -0.4 is 4.90 Å². The predicted molar refractivity (Wildman–Crippen MR) is 96.8 cm³/mol. The molecule has 132 valence electrons. The predicted octanol–water partition coefficient (Wildman–Crippen LogP) is 2.60. The van der Waals surface area contributed by atoms with E-state index in [9.17, 15) is 0 Å². The zero-order chi connectivity index (χ0) is 17.6. The van der Waals surface area contributed by atoms with Gasteiger partial charge >= 0.3 is 0 Å². The Kier molecular flexibility index (Phi) is 3.74. The lowest BCUT2D eigenvalue weighted by Crippen LogP contribution is -2.34. The van der Waals surface area contributed by atoms with E-state index < -0.39 is 0 Å². The lowest BCUT2D eigenvalue weighted by atomic mass is 9.96. The van der Waals surface area contributed by atoms with E-state index in [1.54, 1.807) is 0 Å². The molecular formula is C18H25N7. The van der Waals surface area contributed by atoms with Crippen molar-refractivity contribution in [1.29, 1.82) is 0 Å². The third-order valence-electron chi connectivity index (χ3n) is 4.92. The Bertz CT molecular complexity index is 886. The summed E-state index contributed by atoms with van der Waals surface area (Å²) in [6.07, 6.45) is 6.28. The van der Waals surface area contributed by atoms with Gasteiger partial charge in [0.05, 0.1) is 0 Å². The van der Waals surface area contributed by atoms with Crippen LogP contribution in [0.1, 0.15) is 45.3 Å². The summed E-state index contributed by atoms with van der Waals surface area (Å²) >= 11 is 0. The maximum absolute atomic E-state index is 4.88. The van der Waals surface area contributed by atoms with Crippen LogP contribution in [0, 0.1) is 6.92 Å². The van der Waals surface area contributed by atoms with E-state index >= 15 is 0 Å². The highest BCUT2D eigenvalue weighted by molar-refractivity contribution is 5.47. The number of aromatic nitrogens is 6. The molecule has 4 rings (SSSR count). The molecule has 1 aliphatic heterocycles. The van der Waals surface area contributed by atoms with E-state index in [2.05, 4.69) is 64.6 Å². The van der Waals surface area contributed by atoms with Gasteiger partial charge in [0.15, 0.2) is 11.5 Å². The maximum Gasteiger partial charge on any atom is 0.178 e. The second-order valence-corrected chi connectivity index (χ2v) is 7.85.